The molecule has 0 aliphatic carbocycles. The first-order valence-electron chi connectivity index (χ1n) is 6.30. The zero-order chi connectivity index (χ0) is 14.6. The standard InChI is InChI=1S/C15H22N2O2/c1-15(2,3)14(19)16-12-8-6-11(7-9-12)10-13(18)17(4)5/h6-9H,10H2,1-5H3,(H,16,19). The second-order valence-corrected chi connectivity index (χ2v) is 5.87. The number of carbonyl (C=O) groups is 2. The van der Waals surface area contributed by atoms with Gasteiger partial charge in [-0.15, -0.1) is 0 Å². The Bertz CT molecular complexity index is 456. The summed E-state index contributed by atoms with van der Waals surface area (Å²) in [6.07, 6.45) is 0.375. The maximum Gasteiger partial charge on any atom is 0.229 e. The van der Waals surface area contributed by atoms with Crippen LogP contribution in [-0.4, -0.2) is 30.8 Å². The van der Waals surface area contributed by atoms with Gasteiger partial charge in [-0.1, -0.05) is 32.9 Å². The van der Waals surface area contributed by atoms with E-state index in [9.17, 15) is 9.59 Å². The highest BCUT2D eigenvalue weighted by Crippen LogP contribution is 2.17. The second-order valence-electron chi connectivity index (χ2n) is 5.87. The van der Waals surface area contributed by atoms with Gasteiger partial charge in [-0.2, -0.15) is 0 Å². The fourth-order valence-corrected chi connectivity index (χ4v) is 1.36. The van der Waals surface area contributed by atoms with Crippen LogP contribution >= 0.6 is 0 Å². The van der Waals surface area contributed by atoms with Crippen LogP contribution in [0.25, 0.3) is 0 Å². The van der Waals surface area contributed by atoms with Gasteiger partial charge in [0, 0.05) is 25.2 Å². The van der Waals surface area contributed by atoms with E-state index in [0.29, 0.717) is 6.42 Å². The van der Waals surface area contributed by atoms with Crippen LogP contribution in [0.2, 0.25) is 0 Å². The third-order valence-electron chi connectivity index (χ3n) is 2.75. The minimum Gasteiger partial charge on any atom is -0.349 e. The third kappa shape index (κ3) is 4.73. The highest BCUT2D eigenvalue weighted by molar-refractivity contribution is 5.94. The number of hydrogen-bond donors (Lipinski definition) is 1. The van der Waals surface area contributed by atoms with E-state index in [1.54, 1.807) is 19.0 Å². The highest BCUT2D eigenvalue weighted by Gasteiger charge is 2.21. The van der Waals surface area contributed by atoms with E-state index < -0.39 is 5.41 Å². The number of amides is 2. The first kappa shape index (κ1) is 15.2. The van der Waals surface area contributed by atoms with Gasteiger partial charge in [0.1, 0.15) is 0 Å². The van der Waals surface area contributed by atoms with Crippen molar-refractivity contribution < 1.29 is 9.59 Å². The van der Waals surface area contributed by atoms with Gasteiger partial charge < -0.3 is 10.2 Å². The lowest BCUT2D eigenvalue weighted by molar-refractivity contribution is -0.128. The fourth-order valence-electron chi connectivity index (χ4n) is 1.36. The predicted molar refractivity (Wildman–Crippen MR) is 76.9 cm³/mol. The summed E-state index contributed by atoms with van der Waals surface area (Å²) in [6.45, 7) is 5.60. The van der Waals surface area contributed by atoms with Crippen molar-refractivity contribution in [1.82, 2.24) is 4.90 Å². The molecule has 0 aliphatic heterocycles. The molecule has 0 bridgehead atoms. The molecule has 2 amide bonds. The summed E-state index contributed by atoms with van der Waals surface area (Å²) in [5, 5.41) is 2.85. The maximum atomic E-state index is 11.8. The molecule has 4 heteroatoms. The highest BCUT2D eigenvalue weighted by atomic mass is 16.2. The summed E-state index contributed by atoms with van der Waals surface area (Å²) in [7, 11) is 3.47. The van der Waals surface area contributed by atoms with Gasteiger partial charge in [-0.25, -0.2) is 0 Å². The van der Waals surface area contributed by atoms with Crippen molar-refractivity contribution in [2.45, 2.75) is 27.2 Å². The molecule has 0 heterocycles. The largest absolute Gasteiger partial charge is 0.349 e. The summed E-state index contributed by atoms with van der Waals surface area (Å²) >= 11 is 0. The molecule has 1 aromatic carbocycles. The molecule has 0 spiro atoms. The van der Waals surface area contributed by atoms with Gasteiger partial charge in [0.25, 0.3) is 0 Å². The number of benzene rings is 1. The first-order valence-corrected chi connectivity index (χ1v) is 6.30. The summed E-state index contributed by atoms with van der Waals surface area (Å²) < 4.78 is 0. The molecule has 1 aromatic rings. The molecule has 0 atom stereocenters. The van der Waals surface area contributed by atoms with E-state index in [-0.39, 0.29) is 11.8 Å². The topological polar surface area (TPSA) is 49.4 Å². The predicted octanol–water partition coefficient (Wildman–Crippen LogP) is 2.30. The third-order valence-corrected chi connectivity index (χ3v) is 2.75. The zero-order valence-electron chi connectivity index (χ0n) is 12.3. The molecule has 0 fully saturated rings. The number of rotatable bonds is 3. The Morgan fingerprint density at radius 3 is 2.05 bits per heavy atom. The molecule has 104 valence electrons. The Balaban J connectivity index is 2.67. The lowest BCUT2D eigenvalue weighted by atomic mass is 9.95. The summed E-state index contributed by atoms with van der Waals surface area (Å²) in [5.74, 6) is 0.0381. The van der Waals surface area contributed by atoms with Crippen LogP contribution < -0.4 is 5.32 Å². The lowest BCUT2D eigenvalue weighted by Gasteiger charge is -2.17. The molecule has 0 saturated carbocycles. The fraction of sp³-hybridized carbons (Fsp3) is 0.467. The van der Waals surface area contributed by atoms with Crippen LogP contribution in [0, 0.1) is 5.41 Å². The van der Waals surface area contributed by atoms with Crippen LogP contribution in [0.15, 0.2) is 24.3 Å². The van der Waals surface area contributed by atoms with Gasteiger partial charge in [0.15, 0.2) is 0 Å². The van der Waals surface area contributed by atoms with Crippen molar-refractivity contribution in [3.05, 3.63) is 29.8 Å². The van der Waals surface area contributed by atoms with Crippen molar-refractivity contribution in [3.8, 4) is 0 Å². The monoisotopic (exact) mass is 262 g/mol. The average molecular weight is 262 g/mol. The Labute approximate surface area is 114 Å². The normalized spacial score (nSPS) is 11.0. The van der Waals surface area contributed by atoms with Gasteiger partial charge >= 0.3 is 0 Å². The summed E-state index contributed by atoms with van der Waals surface area (Å²) in [6, 6.07) is 7.36. The van der Waals surface area contributed by atoms with Crippen molar-refractivity contribution in [3.63, 3.8) is 0 Å². The van der Waals surface area contributed by atoms with Crippen molar-refractivity contribution in [1.29, 1.82) is 0 Å². The maximum absolute atomic E-state index is 11.8. The van der Waals surface area contributed by atoms with E-state index in [1.165, 1.54) is 0 Å². The minimum absolute atomic E-state index is 0.0235. The number of nitrogens with zero attached hydrogens (tertiary/aromatic N) is 1. The zero-order valence-corrected chi connectivity index (χ0v) is 12.3. The Morgan fingerprint density at radius 1 is 1.11 bits per heavy atom. The van der Waals surface area contributed by atoms with E-state index >= 15 is 0 Å². The lowest BCUT2D eigenvalue weighted by Crippen LogP contribution is -2.27. The van der Waals surface area contributed by atoms with Gasteiger partial charge in [-0.05, 0) is 17.7 Å². The van der Waals surface area contributed by atoms with E-state index in [2.05, 4.69) is 5.32 Å². The summed E-state index contributed by atoms with van der Waals surface area (Å²) in [5.41, 5.74) is 1.27. The molecular formula is C15H22N2O2. The van der Waals surface area contributed by atoms with Crippen molar-refractivity contribution in [2.24, 2.45) is 5.41 Å². The van der Waals surface area contributed by atoms with E-state index in [4.69, 9.17) is 0 Å². The number of carbonyl (C=O) groups excluding carboxylic acids is 2. The number of likely N-dealkylation sites (N-methyl/N-ethyl adjacent to an activating group) is 1. The second kappa shape index (κ2) is 5.87. The van der Waals surface area contributed by atoms with Gasteiger partial charge in [-0.3, -0.25) is 9.59 Å². The van der Waals surface area contributed by atoms with Crippen LogP contribution in [0.4, 0.5) is 5.69 Å². The van der Waals surface area contributed by atoms with Crippen LogP contribution in [0.3, 0.4) is 0 Å². The van der Waals surface area contributed by atoms with Gasteiger partial charge in [0.05, 0.1) is 6.42 Å². The molecule has 0 aromatic heterocycles. The molecule has 4 nitrogen and oxygen atoms in total. The summed E-state index contributed by atoms with van der Waals surface area (Å²) in [4.78, 5) is 24.9. The molecular weight excluding hydrogens is 240 g/mol. The SMILES string of the molecule is CN(C)C(=O)Cc1ccc(NC(=O)C(C)(C)C)cc1. The number of hydrogen-bond acceptors (Lipinski definition) is 2. The molecule has 19 heavy (non-hydrogen) atoms. The number of anilines is 1. The molecule has 0 aliphatic rings. The smallest absolute Gasteiger partial charge is 0.229 e. The quantitative estimate of drug-likeness (QED) is 0.908. The Morgan fingerprint density at radius 2 is 1.63 bits per heavy atom. The molecule has 0 saturated heterocycles. The van der Waals surface area contributed by atoms with Crippen LogP contribution in [0.1, 0.15) is 26.3 Å². The molecule has 1 rings (SSSR count). The molecule has 0 unspecified atom stereocenters. The Kier molecular flexibility index (Phi) is 4.70. The van der Waals surface area contributed by atoms with E-state index in [1.807, 2.05) is 45.0 Å². The van der Waals surface area contributed by atoms with Crippen molar-refractivity contribution >= 4 is 17.5 Å². The molecule has 0 radical (unpaired) electrons. The Hall–Kier alpha value is -1.84. The van der Waals surface area contributed by atoms with Crippen LogP contribution in [0.5, 0.6) is 0 Å². The average Bonchev–Trinajstić information content (AvgIpc) is 2.30. The van der Waals surface area contributed by atoms with E-state index in [0.717, 1.165) is 11.3 Å². The minimum atomic E-state index is -0.417. The number of nitrogens with one attached hydrogen (secondary N) is 1. The van der Waals surface area contributed by atoms with Crippen LogP contribution in [-0.2, 0) is 16.0 Å². The van der Waals surface area contributed by atoms with Crippen molar-refractivity contribution in [2.75, 3.05) is 19.4 Å². The van der Waals surface area contributed by atoms with Gasteiger partial charge in [0.2, 0.25) is 11.8 Å². The molecule has 1 N–H and O–H groups in total. The first-order chi connectivity index (χ1) is 8.70.